The number of aldehydes is 1. The Kier molecular flexibility index (Phi) is 10.4. The van der Waals surface area contributed by atoms with Crippen molar-refractivity contribution in [1.29, 1.82) is 0 Å². The number of phenols is 1. The van der Waals surface area contributed by atoms with Gasteiger partial charge in [0, 0.05) is 6.42 Å². The maximum absolute atomic E-state index is 13.3. The van der Waals surface area contributed by atoms with E-state index in [1.165, 1.54) is 0 Å². The van der Waals surface area contributed by atoms with Crippen molar-refractivity contribution in [2.45, 2.75) is 62.3 Å². The van der Waals surface area contributed by atoms with Gasteiger partial charge in [0.05, 0.1) is 24.2 Å². The van der Waals surface area contributed by atoms with Crippen molar-refractivity contribution in [3.8, 4) is 5.75 Å². The lowest BCUT2D eigenvalue weighted by Gasteiger charge is -2.23. The molecule has 9 heteroatoms. The number of carbonyl (C=O) groups excluding carboxylic acids is 4. The molecule has 3 aromatic carbocycles. The Morgan fingerprint density at radius 1 is 0.805 bits per heavy atom. The minimum Gasteiger partial charge on any atom is -0.508 e. The molecule has 0 spiro atoms. The van der Waals surface area contributed by atoms with Crippen LogP contribution in [0, 0.1) is 0 Å². The van der Waals surface area contributed by atoms with Gasteiger partial charge >= 0.3 is 0 Å². The molecule has 41 heavy (non-hydrogen) atoms. The van der Waals surface area contributed by atoms with Gasteiger partial charge in [0.25, 0.3) is 0 Å². The van der Waals surface area contributed by atoms with Crippen LogP contribution in [-0.2, 0) is 38.4 Å². The van der Waals surface area contributed by atoms with E-state index in [2.05, 4.69) is 16.0 Å². The molecule has 1 fully saturated rings. The van der Waals surface area contributed by atoms with Crippen LogP contribution in [0.25, 0.3) is 0 Å². The van der Waals surface area contributed by atoms with Gasteiger partial charge in [-0.25, -0.2) is 0 Å². The zero-order valence-electron chi connectivity index (χ0n) is 22.7. The molecule has 5 atom stereocenters. The molecular formula is C32H36N4O5. The van der Waals surface area contributed by atoms with E-state index in [1.54, 1.807) is 24.3 Å². The van der Waals surface area contributed by atoms with Crippen LogP contribution in [0.5, 0.6) is 5.75 Å². The standard InChI is InChI=1S/C32H36N4O5/c33-26(18-23-11-13-25(38)14-12-23)30(39)27-15-16-28(35-27)31(40)36-29(19-22-9-5-2-6-10-22)32(41)34-24(20-37)17-21-7-3-1-4-8-21/h1-14,20,24,26-29,35,38H,15-19,33H2,(H,34,41)(H,36,40)/t24-,26-,27-,28?,29-/m0/s1. The van der Waals surface area contributed by atoms with Gasteiger partial charge in [-0.05, 0) is 54.5 Å². The van der Waals surface area contributed by atoms with Crippen LogP contribution in [0.2, 0.25) is 0 Å². The number of nitrogens with one attached hydrogen (secondary N) is 3. The highest BCUT2D eigenvalue weighted by Crippen LogP contribution is 2.17. The fourth-order valence-corrected chi connectivity index (χ4v) is 5.03. The number of aromatic hydroxyl groups is 1. The fourth-order valence-electron chi connectivity index (χ4n) is 5.03. The lowest BCUT2D eigenvalue weighted by atomic mass is 9.98. The third kappa shape index (κ3) is 8.57. The van der Waals surface area contributed by atoms with Crippen molar-refractivity contribution in [2.24, 2.45) is 5.73 Å². The minimum absolute atomic E-state index is 0.136. The van der Waals surface area contributed by atoms with Gasteiger partial charge in [-0.15, -0.1) is 0 Å². The largest absolute Gasteiger partial charge is 0.508 e. The third-order valence-corrected chi connectivity index (χ3v) is 7.27. The number of phenolic OH excluding ortho intramolecular Hbond substituents is 1. The Bertz CT molecular complexity index is 1320. The molecule has 0 saturated carbocycles. The first-order chi connectivity index (χ1) is 19.8. The van der Waals surface area contributed by atoms with Crippen molar-refractivity contribution < 1.29 is 24.3 Å². The molecule has 1 aliphatic heterocycles. The van der Waals surface area contributed by atoms with E-state index in [0.29, 0.717) is 32.0 Å². The van der Waals surface area contributed by atoms with E-state index in [0.717, 1.165) is 16.7 Å². The summed E-state index contributed by atoms with van der Waals surface area (Å²) in [6, 6.07) is 21.5. The Balaban J connectivity index is 1.37. The van der Waals surface area contributed by atoms with Gasteiger partial charge in [0.2, 0.25) is 11.8 Å². The van der Waals surface area contributed by atoms with Crippen LogP contribution in [-0.4, -0.2) is 59.2 Å². The number of ketones is 1. The summed E-state index contributed by atoms with van der Waals surface area (Å²) in [7, 11) is 0. The molecule has 0 radical (unpaired) electrons. The van der Waals surface area contributed by atoms with Crippen LogP contribution in [0.1, 0.15) is 29.5 Å². The highest BCUT2D eigenvalue weighted by molar-refractivity contribution is 5.93. The molecule has 9 nitrogen and oxygen atoms in total. The molecule has 4 rings (SSSR count). The summed E-state index contributed by atoms with van der Waals surface area (Å²) in [6.45, 7) is 0. The number of hydrogen-bond acceptors (Lipinski definition) is 7. The molecule has 3 aromatic rings. The van der Waals surface area contributed by atoms with Crippen molar-refractivity contribution in [1.82, 2.24) is 16.0 Å². The monoisotopic (exact) mass is 556 g/mol. The number of amides is 2. The molecule has 214 valence electrons. The zero-order valence-corrected chi connectivity index (χ0v) is 22.7. The Hall–Kier alpha value is -4.34. The number of rotatable bonds is 13. The smallest absolute Gasteiger partial charge is 0.243 e. The lowest BCUT2D eigenvalue weighted by Crippen LogP contribution is -2.55. The SMILES string of the molecule is N[C@@H](Cc1ccc(O)cc1)C(=O)[C@@H]1CCC(C(=O)N[C@@H](Cc2ccccc2)C(=O)N[C@H](C=O)Cc2ccccc2)N1. The van der Waals surface area contributed by atoms with Gasteiger partial charge in [-0.2, -0.15) is 0 Å². The van der Waals surface area contributed by atoms with E-state index in [9.17, 15) is 24.3 Å². The maximum atomic E-state index is 13.3. The highest BCUT2D eigenvalue weighted by Gasteiger charge is 2.36. The van der Waals surface area contributed by atoms with Crippen LogP contribution >= 0.6 is 0 Å². The summed E-state index contributed by atoms with van der Waals surface area (Å²) in [4.78, 5) is 51.4. The Morgan fingerprint density at radius 2 is 1.37 bits per heavy atom. The predicted molar refractivity (Wildman–Crippen MR) is 155 cm³/mol. The molecule has 2 amide bonds. The summed E-state index contributed by atoms with van der Waals surface area (Å²) in [6.07, 6.45) is 2.44. The molecule has 0 bridgehead atoms. The van der Waals surface area contributed by atoms with Gasteiger partial charge < -0.3 is 26.3 Å². The molecule has 1 unspecified atom stereocenters. The van der Waals surface area contributed by atoms with E-state index >= 15 is 0 Å². The molecule has 1 saturated heterocycles. The maximum Gasteiger partial charge on any atom is 0.243 e. The Labute approximate surface area is 239 Å². The average molecular weight is 557 g/mol. The predicted octanol–water partition coefficient (Wildman–Crippen LogP) is 1.61. The Morgan fingerprint density at radius 3 is 1.98 bits per heavy atom. The van der Waals surface area contributed by atoms with Crippen molar-refractivity contribution in [2.75, 3.05) is 0 Å². The number of benzene rings is 3. The first kappa shape index (κ1) is 29.6. The lowest BCUT2D eigenvalue weighted by molar-refractivity contribution is -0.131. The molecular weight excluding hydrogens is 520 g/mol. The normalized spacial score (nSPS) is 18.6. The number of nitrogens with two attached hydrogens (primary N) is 1. The summed E-state index contributed by atoms with van der Waals surface area (Å²) in [5, 5.41) is 18.2. The van der Waals surface area contributed by atoms with E-state index < -0.39 is 42.0 Å². The summed E-state index contributed by atoms with van der Waals surface area (Å²) in [5.41, 5.74) is 8.76. The second-order valence-corrected chi connectivity index (χ2v) is 10.4. The van der Waals surface area contributed by atoms with E-state index in [1.807, 2.05) is 60.7 Å². The average Bonchev–Trinajstić information content (AvgIpc) is 3.49. The number of hydrogen-bond donors (Lipinski definition) is 5. The van der Waals surface area contributed by atoms with Crippen molar-refractivity contribution in [3.63, 3.8) is 0 Å². The fraction of sp³-hybridized carbons (Fsp3) is 0.312. The number of Topliss-reactive ketones (excluding diaryl/α,β-unsaturated/α-hetero) is 1. The zero-order chi connectivity index (χ0) is 29.2. The highest BCUT2D eigenvalue weighted by atomic mass is 16.3. The second-order valence-electron chi connectivity index (χ2n) is 10.4. The quantitative estimate of drug-likeness (QED) is 0.201. The topological polar surface area (TPSA) is 151 Å². The first-order valence-corrected chi connectivity index (χ1v) is 13.8. The van der Waals surface area contributed by atoms with Crippen LogP contribution in [0.3, 0.4) is 0 Å². The minimum atomic E-state index is -0.920. The molecule has 0 aliphatic carbocycles. The summed E-state index contributed by atoms with van der Waals surface area (Å²) >= 11 is 0. The van der Waals surface area contributed by atoms with Gasteiger partial charge in [-0.1, -0.05) is 72.8 Å². The van der Waals surface area contributed by atoms with Crippen LogP contribution < -0.4 is 21.7 Å². The molecule has 1 heterocycles. The van der Waals surface area contributed by atoms with Gasteiger partial charge in [0.15, 0.2) is 5.78 Å². The van der Waals surface area contributed by atoms with Gasteiger partial charge in [-0.3, -0.25) is 19.7 Å². The summed E-state index contributed by atoms with van der Waals surface area (Å²) in [5.74, 6) is -0.912. The third-order valence-electron chi connectivity index (χ3n) is 7.27. The van der Waals surface area contributed by atoms with E-state index in [-0.39, 0.29) is 18.0 Å². The number of carbonyl (C=O) groups is 4. The van der Waals surface area contributed by atoms with Crippen LogP contribution in [0.15, 0.2) is 84.9 Å². The summed E-state index contributed by atoms with van der Waals surface area (Å²) < 4.78 is 0. The second kappa shape index (κ2) is 14.3. The van der Waals surface area contributed by atoms with Crippen LogP contribution in [0.4, 0.5) is 0 Å². The first-order valence-electron chi connectivity index (χ1n) is 13.8. The van der Waals surface area contributed by atoms with Crippen molar-refractivity contribution in [3.05, 3.63) is 102 Å². The van der Waals surface area contributed by atoms with Gasteiger partial charge in [0.1, 0.15) is 18.1 Å². The molecule has 0 aromatic heterocycles. The molecule has 6 N–H and O–H groups in total. The molecule has 1 aliphatic rings. The van der Waals surface area contributed by atoms with Crippen molar-refractivity contribution >= 4 is 23.9 Å². The van der Waals surface area contributed by atoms with E-state index in [4.69, 9.17) is 5.73 Å².